The van der Waals surface area contributed by atoms with Crippen LogP contribution in [0.4, 0.5) is 8.78 Å². The van der Waals surface area contributed by atoms with Crippen molar-refractivity contribution >= 4 is 17.9 Å². The third-order valence-electron chi connectivity index (χ3n) is 9.39. The number of aryl methyl sites for hydroxylation is 2. The molecule has 1 N–H and O–H groups in total. The Morgan fingerprint density at radius 1 is 1.05 bits per heavy atom. The van der Waals surface area contributed by atoms with Crippen LogP contribution in [0, 0.1) is 25.5 Å². The van der Waals surface area contributed by atoms with Gasteiger partial charge in [0.05, 0.1) is 11.2 Å². The number of rotatable bonds is 7. The average Bonchev–Trinajstić information content (AvgIpc) is 3.49. The first-order valence-electron chi connectivity index (χ1n) is 14.4. The van der Waals surface area contributed by atoms with Crippen molar-refractivity contribution in [1.82, 2.24) is 25.0 Å². The molecule has 2 aliphatic carbocycles. The maximum absolute atomic E-state index is 15.1. The first-order valence-corrected chi connectivity index (χ1v) is 14.8. The molecule has 0 amide bonds. The summed E-state index contributed by atoms with van der Waals surface area (Å²) in [7, 11) is 0. The van der Waals surface area contributed by atoms with Gasteiger partial charge in [-0.3, -0.25) is 4.90 Å². The van der Waals surface area contributed by atoms with Crippen molar-refractivity contribution in [3.63, 3.8) is 0 Å². The fraction of sp³-hybridized carbons (Fsp3) is 0.516. The molecular formula is C31H36ClF2N5O. The minimum atomic E-state index is -0.845. The number of benzene rings is 2. The molecular weight excluding hydrogens is 532 g/mol. The molecule has 6 rings (SSSR count). The van der Waals surface area contributed by atoms with Gasteiger partial charge in [-0.15, -0.1) is 0 Å². The number of piperidine rings is 1. The fourth-order valence-corrected chi connectivity index (χ4v) is 7.20. The third-order valence-corrected chi connectivity index (χ3v) is 9.81. The Kier molecular flexibility index (Phi) is 7.53. The lowest BCUT2D eigenvalue weighted by molar-refractivity contribution is -0.120. The third kappa shape index (κ3) is 4.99. The van der Waals surface area contributed by atoms with Gasteiger partial charge < -0.3 is 10.1 Å². The number of aldehydes is 1. The Labute approximate surface area is 239 Å². The summed E-state index contributed by atoms with van der Waals surface area (Å²) in [5.74, 6) is 0.276. The summed E-state index contributed by atoms with van der Waals surface area (Å²) in [6, 6.07) is 10.2. The number of aromatic nitrogens is 3. The molecule has 1 aliphatic heterocycles. The number of hydrogen-bond donors (Lipinski definition) is 1. The Hall–Kier alpha value is -2.68. The Morgan fingerprint density at radius 3 is 2.48 bits per heavy atom. The number of halogens is 3. The van der Waals surface area contributed by atoms with E-state index in [2.05, 4.69) is 15.3 Å². The quantitative estimate of drug-likeness (QED) is 0.354. The van der Waals surface area contributed by atoms with Gasteiger partial charge in [0.15, 0.2) is 0 Å². The molecule has 1 unspecified atom stereocenters. The number of carbonyl (C=O) groups excluding carboxylic acids is 1. The summed E-state index contributed by atoms with van der Waals surface area (Å²) >= 11 is 6.26. The van der Waals surface area contributed by atoms with E-state index in [1.54, 1.807) is 0 Å². The molecule has 6 nitrogen and oxygen atoms in total. The van der Waals surface area contributed by atoms with Gasteiger partial charge in [-0.2, -0.15) is 5.10 Å². The second-order valence-electron chi connectivity index (χ2n) is 11.9. The van der Waals surface area contributed by atoms with Gasteiger partial charge in [0, 0.05) is 35.0 Å². The molecule has 9 heteroatoms. The molecule has 212 valence electrons. The normalized spacial score (nSPS) is 26.2. The van der Waals surface area contributed by atoms with Crippen LogP contribution in [0.15, 0.2) is 36.4 Å². The molecule has 2 heterocycles. The zero-order valence-corrected chi connectivity index (χ0v) is 23.8. The van der Waals surface area contributed by atoms with Crippen molar-refractivity contribution in [3.8, 4) is 5.69 Å². The Morgan fingerprint density at radius 2 is 1.82 bits per heavy atom. The van der Waals surface area contributed by atoms with Crippen molar-refractivity contribution in [1.29, 1.82) is 0 Å². The van der Waals surface area contributed by atoms with Crippen molar-refractivity contribution in [2.75, 3.05) is 13.1 Å². The SMILES string of the molecule is Cc1nc(C2CCN([C@]3(C=O)CC(NC4CCC4)C[C@@H]3c3ccc(F)cc3F)CC2)n(-c2ccc(Cl)c(C)c2)n1. The summed E-state index contributed by atoms with van der Waals surface area (Å²) < 4.78 is 30.9. The highest BCUT2D eigenvalue weighted by atomic mass is 35.5. The highest BCUT2D eigenvalue weighted by Crippen LogP contribution is 2.48. The van der Waals surface area contributed by atoms with Gasteiger partial charge in [0.1, 0.15) is 29.6 Å². The van der Waals surface area contributed by atoms with Crippen molar-refractivity contribution < 1.29 is 13.6 Å². The average molecular weight is 568 g/mol. The molecule has 0 bridgehead atoms. The molecule has 3 atom stereocenters. The molecule has 3 fully saturated rings. The maximum Gasteiger partial charge on any atom is 0.148 e. The van der Waals surface area contributed by atoms with E-state index in [0.717, 1.165) is 55.1 Å². The standard InChI is InChI=1S/C31H36ClF2N5O/c1-19-14-25(7-9-28(19)32)39-30(35-20(2)37-39)21-10-12-38(13-11-21)31(18-40)17-24(36-23-4-3-5-23)16-27(31)26-8-6-22(33)15-29(26)34/h6-9,14-15,18,21,23-24,27,36H,3-5,10-13,16-17H2,1-2H3/t24?,27-,31+/m1/s1. The summed E-state index contributed by atoms with van der Waals surface area (Å²) in [4.78, 5) is 20.1. The van der Waals surface area contributed by atoms with Crippen LogP contribution in [0.1, 0.15) is 79.6 Å². The lowest BCUT2D eigenvalue weighted by atomic mass is 9.79. The van der Waals surface area contributed by atoms with Gasteiger partial charge in [-0.05, 0) is 101 Å². The molecule has 40 heavy (non-hydrogen) atoms. The molecule has 1 aromatic heterocycles. The van der Waals surface area contributed by atoms with Crippen molar-refractivity contribution in [3.05, 3.63) is 75.8 Å². The highest BCUT2D eigenvalue weighted by molar-refractivity contribution is 6.31. The smallest absolute Gasteiger partial charge is 0.148 e. The van der Waals surface area contributed by atoms with Crippen LogP contribution < -0.4 is 5.32 Å². The van der Waals surface area contributed by atoms with Crippen molar-refractivity contribution in [2.24, 2.45) is 0 Å². The number of nitrogens with zero attached hydrogens (tertiary/aromatic N) is 4. The zero-order valence-electron chi connectivity index (χ0n) is 23.0. The van der Waals surface area contributed by atoms with E-state index in [9.17, 15) is 9.18 Å². The second kappa shape index (κ2) is 11.0. The first kappa shape index (κ1) is 27.5. The predicted molar refractivity (Wildman–Crippen MR) is 151 cm³/mol. The molecule has 2 saturated carbocycles. The molecule has 0 radical (unpaired) electrons. The summed E-state index contributed by atoms with van der Waals surface area (Å²) in [6.07, 6.45) is 7.43. The van der Waals surface area contributed by atoms with Gasteiger partial charge >= 0.3 is 0 Å². The minimum absolute atomic E-state index is 0.113. The summed E-state index contributed by atoms with van der Waals surface area (Å²) in [5.41, 5.74) is 1.49. The number of likely N-dealkylation sites (tertiary alicyclic amines) is 1. The van der Waals surface area contributed by atoms with Gasteiger partial charge in [0.25, 0.3) is 0 Å². The molecule has 3 aromatic rings. The molecule has 0 spiro atoms. The zero-order chi connectivity index (χ0) is 28.0. The molecule has 2 aromatic carbocycles. The lowest BCUT2D eigenvalue weighted by Crippen LogP contribution is -2.55. The van der Waals surface area contributed by atoms with Gasteiger partial charge in [-0.25, -0.2) is 18.4 Å². The largest absolute Gasteiger partial charge is 0.311 e. The number of hydrogen-bond acceptors (Lipinski definition) is 5. The van der Waals surface area contributed by atoms with E-state index in [-0.39, 0.29) is 17.9 Å². The van der Waals surface area contributed by atoms with E-state index >= 15 is 4.39 Å². The Balaban J connectivity index is 1.26. The van der Waals surface area contributed by atoms with E-state index in [1.165, 1.54) is 18.6 Å². The van der Waals surface area contributed by atoms with E-state index < -0.39 is 17.2 Å². The Bertz CT molecular complexity index is 1400. The second-order valence-corrected chi connectivity index (χ2v) is 12.3. The molecule has 3 aliphatic rings. The van der Waals surface area contributed by atoms with Crippen LogP contribution in [-0.2, 0) is 4.79 Å². The summed E-state index contributed by atoms with van der Waals surface area (Å²) in [5, 5.41) is 9.13. The van der Waals surface area contributed by atoms with E-state index in [0.29, 0.717) is 48.4 Å². The van der Waals surface area contributed by atoms with Crippen LogP contribution in [-0.4, -0.2) is 56.7 Å². The fourth-order valence-electron chi connectivity index (χ4n) is 7.08. The number of carbonyl (C=O) groups is 1. The van der Waals surface area contributed by atoms with Crippen LogP contribution in [0.25, 0.3) is 5.69 Å². The summed E-state index contributed by atoms with van der Waals surface area (Å²) in [6.45, 7) is 5.24. The van der Waals surface area contributed by atoms with E-state index in [4.69, 9.17) is 16.6 Å². The molecule has 1 saturated heterocycles. The van der Waals surface area contributed by atoms with E-state index in [1.807, 2.05) is 36.7 Å². The van der Waals surface area contributed by atoms with Gasteiger partial charge in [-0.1, -0.05) is 24.1 Å². The van der Waals surface area contributed by atoms with Crippen LogP contribution >= 0.6 is 11.6 Å². The maximum atomic E-state index is 15.1. The number of nitrogens with one attached hydrogen (secondary N) is 1. The predicted octanol–water partition coefficient (Wildman–Crippen LogP) is 6.02. The minimum Gasteiger partial charge on any atom is -0.311 e. The van der Waals surface area contributed by atoms with Gasteiger partial charge in [0.2, 0.25) is 0 Å². The van der Waals surface area contributed by atoms with Crippen molar-refractivity contribution in [2.45, 2.75) is 88.3 Å². The van der Waals surface area contributed by atoms with Crippen LogP contribution in [0.5, 0.6) is 0 Å². The first-order chi connectivity index (χ1) is 19.3. The van der Waals surface area contributed by atoms with Crippen LogP contribution in [0.3, 0.4) is 0 Å². The highest BCUT2D eigenvalue weighted by Gasteiger charge is 2.53. The monoisotopic (exact) mass is 567 g/mol. The lowest BCUT2D eigenvalue weighted by Gasteiger charge is -2.45. The van der Waals surface area contributed by atoms with Crippen LogP contribution in [0.2, 0.25) is 5.02 Å². The topological polar surface area (TPSA) is 63.1 Å².